The van der Waals surface area contributed by atoms with Crippen LogP contribution >= 0.6 is 11.8 Å². The summed E-state index contributed by atoms with van der Waals surface area (Å²) in [4.78, 5) is 17.0. The molecule has 4 rings (SSSR count). The third-order valence-electron chi connectivity index (χ3n) is 4.43. The first-order valence-corrected chi connectivity index (χ1v) is 10.0. The lowest BCUT2D eigenvalue weighted by Gasteiger charge is -2.16. The lowest BCUT2D eigenvalue weighted by molar-refractivity contribution is -0.141. The Bertz CT molecular complexity index is 1240. The molecule has 1 aromatic carbocycles. The van der Waals surface area contributed by atoms with E-state index < -0.39 is 17.7 Å². The van der Waals surface area contributed by atoms with E-state index in [4.69, 9.17) is 0 Å². The Balaban J connectivity index is 2.12. The molecule has 0 spiro atoms. The third-order valence-corrected chi connectivity index (χ3v) is 5.10. The van der Waals surface area contributed by atoms with E-state index in [1.165, 1.54) is 55.3 Å². The SMILES string of the molecule is CSc1nc(-c2ccc(F)cc2)c(-c2cc(C)nc(C(F)(F)F)c2)c2nccnc12. The van der Waals surface area contributed by atoms with Crippen molar-refractivity contribution in [3.8, 4) is 22.4 Å². The molecule has 3 aromatic heterocycles. The number of pyridine rings is 2. The molecule has 0 aliphatic rings. The van der Waals surface area contributed by atoms with Crippen LogP contribution in [0.2, 0.25) is 0 Å². The molecule has 9 heteroatoms. The van der Waals surface area contributed by atoms with Gasteiger partial charge in [-0.15, -0.1) is 11.8 Å². The number of hydrogen-bond acceptors (Lipinski definition) is 5. The molecule has 0 aliphatic carbocycles. The second kappa shape index (κ2) is 7.64. The maximum Gasteiger partial charge on any atom is 0.433 e. The largest absolute Gasteiger partial charge is 0.433 e. The smallest absolute Gasteiger partial charge is 0.252 e. The fourth-order valence-electron chi connectivity index (χ4n) is 3.19. The quantitative estimate of drug-likeness (QED) is 0.297. The van der Waals surface area contributed by atoms with Gasteiger partial charge in [-0.2, -0.15) is 13.2 Å². The summed E-state index contributed by atoms with van der Waals surface area (Å²) in [5.41, 5.74) is 1.69. The van der Waals surface area contributed by atoms with Gasteiger partial charge in [-0.05, 0) is 55.1 Å². The van der Waals surface area contributed by atoms with Crippen molar-refractivity contribution in [1.29, 1.82) is 0 Å². The van der Waals surface area contributed by atoms with Gasteiger partial charge in [0.25, 0.3) is 0 Å². The van der Waals surface area contributed by atoms with Crippen LogP contribution in [-0.2, 0) is 6.18 Å². The highest BCUT2D eigenvalue weighted by molar-refractivity contribution is 7.98. The molecule has 0 saturated heterocycles. The zero-order valence-electron chi connectivity index (χ0n) is 15.8. The van der Waals surface area contributed by atoms with Crippen molar-refractivity contribution in [1.82, 2.24) is 19.9 Å². The number of fused-ring (bicyclic) bond motifs is 1. The summed E-state index contributed by atoms with van der Waals surface area (Å²) in [6.45, 7) is 1.49. The van der Waals surface area contributed by atoms with E-state index in [9.17, 15) is 17.6 Å². The average molecular weight is 430 g/mol. The van der Waals surface area contributed by atoms with E-state index in [2.05, 4.69) is 19.9 Å². The molecule has 30 heavy (non-hydrogen) atoms. The van der Waals surface area contributed by atoms with Crippen molar-refractivity contribution < 1.29 is 17.6 Å². The summed E-state index contributed by atoms with van der Waals surface area (Å²) < 4.78 is 53.7. The summed E-state index contributed by atoms with van der Waals surface area (Å²) in [6, 6.07) is 8.15. The number of aryl methyl sites for hydroxylation is 1. The molecule has 4 aromatic rings. The first-order chi connectivity index (χ1) is 14.3. The standard InChI is InChI=1S/C21H14F4N4S/c1-11-9-13(10-15(28-11)21(23,24)25)16-17(12-3-5-14(22)6-4-12)29-20(30-2)19-18(16)26-7-8-27-19/h3-10H,1-2H3. The molecule has 0 atom stereocenters. The number of thioether (sulfide) groups is 1. The molecule has 0 aliphatic heterocycles. The first kappa shape index (κ1) is 20.2. The van der Waals surface area contributed by atoms with Crippen LogP contribution in [0.15, 0.2) is 53.8 Å². The molecule has 0 amide bonds. The van der Waals surface area contributed by atoms with E-state index in [0.29, 0.717) is 32.9 Å². The van der Waals surface area contributed by atoms with E-state index >= 15 is 0 Å². The predicted molar refractivity (Wildman–Crippen MR) is 107 cm³/mol. The van der Waals surface area contributed by atoms with Gasteiger partial charge >= 0.3 is 6.18 Å². The van der Waals surface area contributed by atoms with Crippen LogP contribution in [0.1, 0.15) is 11.4 Å². The topological polar surface area (TPSA) is 51.6 Å². The van der Waals surface area contributed by atoms with Gasteiger partial charge in [-0.1, -0.05) is 0 Å². The average Bonchev–Trinajstić information content (AvgIpc) is 2.72. The highest BCUT2D eigenvalue weighted by atomic mass is 32.2. The number of rotatable bonds is 3. The van der Waals surface area contributed by atoms with Crippen LogP contribution in [0.3, 0.4) is 0 Å². The van der Waals surface area contributed by atoms with Gasteiger partial charge in [-0.25, -0.2) is 14.4 Å². The minimum atomic E-state index is -4.61. The van der Waals surface area contributed by atoms with Crippen molar-refractivity contribution in [2.24, 2.45) is 0 Å². The summed E-state index contributed by atoms with van der Waals surface area (Å²) in [5.74, 6) is -0.426. The van der Waals surface area contributed by atoms with Crippen molar-refractivity contribution >= 4 is 22.8 Å². The molecule has 0 bridgehead atoms. The number of hydrogen-bond donors (Lipinski definition) is 0. The molecule has 0 saturated carbocycles. The zero-order valence-corrected chi connectivity index (χ0v) is 16.6. The number of halogens is 4. The predicted octanol–water partition coefficient (Wildman–Crippen LogP) is 5.94. The van der Waals surface area contributed by atoms with Gasteiger partial charge in [0.2, 0.25) is 0 Å². The van der Waals surface area contributed by atoms with Crippen molar-refractivity contribution in [2.45, 2.75) is 18.1 Å². The molecule has 0 N–H and O–H groups in total. The van der Waals surface area contributed by atoms with E-state index in [-0.39, 0.29) is 11.3 Å². The molecule has 0 fully saturated rings. The number of nitrogens with zero attached hydrogens (tertiary/aromatic N) is 4. The Hall–Kier alpha value is -3.07. The number of benzene rings is 1. The van der Waals surface area contributed by atoms with Gasteiger partial charge in [0, 0.05) is 29.2 Å². The Labute approximate surface area is 173 Å². The molecule has 0 radical (unpaired) electrons. The van der Waals surface area contributed by atoms with Gasteiger partial charge in [0.15, 0.2) is 0 Å². The minimum Gasteiger partial charge on any atom is -0.252 e. The van der Waals surface area contributed by atoms with Crippen molar-refractivity contribution in [3.05, 3.63) is 66.0 Å². The molecule has 3 heterocycles. The van der Waals surface area contributed by atoms with E-state index in [1.807, 2.05) is 6.26 Å². The van der Waals surface area contributed by atoms with Crippen LogP contribution in [0.5, 0.6) is 0 Å². The first-order valence-electron chi connectivity index (χ1n) is 8.79. The maximum absolute atomic E-state index is 13.5. The second-order valence-electron chi connectivity index (χ2n) is 6.49. The third kappa shape index (κ3) is 3.72. The molecule has 4 nitrogen and oxygen atoms in total. The highest BCUT2D eigenvalue weighted by Gasteiger charge is 2.33. The fraction of sp³-hybridized carbons (Fsp3) is 0.143. The summed E-state index contributed by atoms with van der Waals surface area (Å²) in [5, 5.41) is 0.572. The van der Waals surface area contributed by atoms with Gasteiger partial charge in [0.05, 0.1) is 5.69 Å². The summed E-state index contributed by atoms with van der Waals surface area (Å²) >= 11 is 1.34. The fourth-order valence-corrected chi connectivity index (χ4v) is 3.72. The van der Waals surface area contributed by atoms with Crippen LogP contribution < -0.4 is 0 Å². The molecule has 152 valence electrons. The monoisotopic (exact) mass is 430 g/mol. The summed E-state index contributed by atoms with van der Waals surface area (Å²) in [6.07, 6.45) is 0.195. The summed E-state index contributed by atoms with van der Waals surface area (Å²) in [7, 11) is 0. The van der Waals surface area contributed by atoms with Crippen LogP contribution in [0.4, 0.5) is 17.6 Å². The van der Waals surface area contributed by atoms with Crippen molar-refractivity contribution in [2.75, 3.05) is 6.26 Å². The van der Waals surface area contributed by atoms with Gasteiger partial charge in [-0.3, -0.25) is 9.97 Å². The van der Waals surface area contributed by atoms with Crippen LogP contribution in [0, 0.1) is 12.7 Å². The normalized spacial score (nSPS) is 11.8. The van der Waals surface area contributed by atoms with Crippen molar-refractivity contribution in [3.63, 3.8) is 0 Å². The lowest BCUT2D eigenvalue weighted by atomic mass is 9.97. The molecule has 0 unspecified atom stereocenters. The second-order valence-corrected chi connectivity index (χ2v) is 7.28. The Morgan fingerprint density at radius 3 is 2.17 bits per heavy atom. The van der Waals surface area contributed by atoms with E-state index in [0.717, 1.165) is 6.07 Å². The van der Waals surface area contributed by atoms with E-state index in [1.54, 1.807) is 6.07 Å². The highest BCUT2D eigenvalue weighted by Crippen LogP contribution is 2.40. The number of aromatic nitrogens is 4. The maximum atomic E-state index is 13.5. The number of alkyl halides is 3. The lowest BCUT2D eigenvalue weighted by Crippen LogP contribution is -2.09. The Morgan fingerprint density at radius 1 is 0.867 bits per heavy atom. The van der Waals surface area contributed by atoms with Gasteiger partial charge in [0.1, 0.15) is 27.6 Å². The Morgan fingerprint density at radius 2 is 1.53 bits per heavy atom. The minimum absolute atomic E-state index is 0.205. The molecular formula is C21H14F4N4S. The van der Waals surface area contributed by atoms with Crippen LogP contribution in [-0.4, -0.2) is 26.2 Å². The zero-order chi connectivity index (χ0) is 21.5. The van der Waals surface area contributed by atoms with Gasteiger partial charge < -0.3 is 0 Å². The molecular weight excluding hydrogens is 416 g/mol. The van der Waals surface area contributed by atoms with Crippen LogP contribution in [0.25, 0.3) is 33.4 Å². The Kier molecular flexibility index (Phi) is 5.15.